The molecule has 4 rings (SSSR count). The van der Waals surface area contributed by atoms with Gasteiger partial charge in [-0.05, 0) is 54.8 Å². The van der Waals surface area contributed by atoms with Gasteiger partial charge in [0.15, 0.2) is 0 Å². The molecule has 2 N–H and O–H groups in total. The normalized spacial score (nSPS) is 17.3. The second-order valence-corrected chi connectivity index (χ2v) is 7.00. The van der Waals surface area contributed by atoms with Crippen LogP contribution in [0.1, 0.15) is 53.6 Å². The van der Waals surface area contributed by atoms with Gasteiger partial charge in [-0.3, -0.25) is 9.59 Å². The highest BCUT2D eigenvalue weighted by molar-refractivity contribution is 6.08. The summed E-state index contributed by atoms with van der Waals surface area (Å²) in [5.41, 5.74) is 2.94. The first-order chi connectivity index (χ1) is 12.6. The van der Waals surface area contributed by atoms with Crippen LogP contribution in [0, 0.1) is 11.3 Å². The summed E-state index contributed by atoms with van der Waals surface area (Å²) in [5, 5.41) is 14.9. The van der Waals surface area contributed by atoms with E-state index in [4.69, 9.17) is 5.26 Å². The van der Waals surface area contributed by atoms with Gasteiger partial charge in [0.05, 0.1) is 17.0 Å². The van der Waals surface area contributed by atoms with Crippen LogP contribution in [0.25, 0.3) is 0 Å². The second kappa shape index (κ2) is 6.30. The van der Waals surface area contributed by atoms with Crippen LogP contribution in [0.3, 0.4) is 0 Å². The number of amides is 2. The van der Waals surface area contributed by atoms with E-state index in [1.807, 2.05) is 18.2 Å². The minimum absolute atomic E-state index is 0.0809. The Balaban J connectivity index is 1.63. The Labute approximate surface area is 152 Å². The number of nitrogens with zero attached hydrogens (tertiary/aromatic N) is 1. The Morgan fingerprint density at radius 1 is 1.12 bits per heavy atom. The van der Waals surface area contributed by atoms with Crippen molar-refractivity contribution >= 4 is 23.2 Å². The second-order valence-electron chi connectivity index (χ2n) is 7.00. The molecule has 0 radical (unpaired) electrons. The van der Waals surface area contributed by atoms with Crippen molar-refractivity contribution in [1.82, 2.24) is 0 Å². The predicted octanol–water partition coefficient (Wildman–Crippen LogP) is 3.96. The number of carbonyl (C=O) groups excluding carboxylic acids is 2. The van der Waals surface area contributed by atoms with Gasteiger partial charge >= 0.3 is 0 Å². The lowest BCUT2D eigenvalue weighted by atomic mass is 9.70. The fraction of sp³-hybridized carbons (Fsp3) is 0.286. The van der Waals surface area contributed by atoms with Crippen LogP contribution >= 0.6 is 0 Å². The zero-order valence-electron chi connectivity index (χ0n) is 14.3. The minimum atomic E-state index is -0.449. The summed E-state index contributed by atoms with van der Waals surface area (Å²) in [6, 6.07) is 14.2. The highest BCUT2D eigenvalue weighted by Gasteiger charge is 2.47. The van der Waals surface area contributed by atoms with Gasteiger partial charge < -0.3 is 10.6 Å². The topological polar surface area (TPSA) is 82.0 Å². The Bertz CT molecular complexity index is 937. The summed E-state index contributed by atoms with van der Waals surface area (Å²) in [6.07, 6.45) is 4.96. The van der Waals surface area contributed by atoms with Crippen molar-refractivity contribution in [3.63, 3.8) is 0 Å². The summed E-state index contributed by atoms with van der Waals surface area (Å²) in [6.45, 7) is 0. The molecule has 0 atom stereocenters. The quantitative estimate of drug-likeness (QED) is 0.864. The molecule has 1 saturated carbocycles. The fourth-order valence-corrected chi connectivity index (χ4v) is 4.08. The Morgan fingerprint density at radius 2 is 1.92 bits per heavy atom. The van der Waals surface area contributed by atoms with E-state index in [1.54, 1.807) is 30.3 Å². The molecule has 0 saturated heterocycles. The number of fused-ring (bicyclic) bond motifs is 2. The number of nitrogens with one attached hydrogen (secondary N) is 2. The molecule has 0 bridgehead atoms. The molecule has 26 heavy (non-hydrogen) atoms. The minimum Gasteiger partial charge on any atom is -0.325 e. The van der Waals surface area contributed by atoms with Crippen LogP contribution in [0.15, 0.2) is 42.5 Å². The third kappa shape index (κ3) is 2.64. The molecule has 5 nitrogen and oxygen atoms in total. The standard InChI is InChI=1S/C21H19N3O2/c22-13-14-5-4-6-15(11-14)19(25)23-16-7-8-18-17(12-16)21(20(26)24-18)9-2-1-3-10-21/h4-8,11-12H,1-3,9-10H2,(H,23,25)(H,24,26). The van der Waals surface area contributed by atoms with E-state index in [2.05, 4.69) is 10.6 Å². The van der Waals surface area contributed by atoms with Crippen molar-refractivity contribution < 1.29 is 9.59 Å². The molecule has 2 aromatic carbocycles. The molecule has 0 aromatic heterocycles. The van der Waals surface area contributed by atoms with E-state index in [9.17, 15) is 9.59 Å². The molecule has 1 spiro atoms. The number of benzene rings is 2. The van der Waals surface area contributed by atoms with E-state index in [0.717, 1.165) is 43.4 Å². The van der Waals surface area contributed by atoms with Crippen LogP contribution in [-0.4, -0.2) is 11.8 Å². The van der Waals surface area contributed by atoms with Gasteiger partial charge in [-0.1, -0.05) is 25.3 Å². The van der Waals surface area contributed by atoms with Crippen LogP contribution in [0.4, 0.5) is 11.4 Å². The maximum Gasteiger partial charge on any atom is 0.255 e. The zero-order chi connectivity index (χ0) is 18.1. The molecular formula is C21H19N3O2. The fourth-order valence-electron chi connectivity index (χ4n) is 4.08. The third-order valence-corrected chi connectivity index (χ3v) is 5.44. The van der Waals surface area contributed by atoms with Crippen molar-refractivity contribution in [3.05, 3.63) is 59.2 Å². The number of hydrogen-bond acceptors (Lipinski definition) is 3. The lowest BCUT2D eigenvalue weighted by molar-refractivity contribution is -0.121. The highest BCUT2D eigenvalue weighted by atomic mass is 16.2. The Morgan fingerprint density at radius 3 is 2.69 bits per heavy atom. The molecule has 1 heterocycles. The van der Waals surface area contributed by atoms with Gasteiger partial charge in [0.1, 0.15) is 0 Å². The average molecular weight is 345 g/mol. The summed E-state index contributed by atoms with van der Waals surface area (Å²) in [7, 11) is 0. The molecule has 1 aliphatic carbocycles. The van der Waals surface area contributed by atoms with E-state index in [-0.39, 0.29) is 11.8 Å². The van der Waals surface area contributed by atoms with Crippen molar-refractivity contribution in [2.75, 3.05) is 10.6 Å². The van der Waals surface area contributed by atoms with E-state index in [1.165, 1.54) is 0 Å². The van der Waals surface area contributed by atoms with Gasteiger partial charge in [-0.15, -0.1) is 0 Å². The largest absolute Gasteiger partial charge is 0.325 e. The maximum absolute atomic E-state index is 12.6. The first-order valence-electron chi connectivity index (χ1n) is 8.90. The first kappa shape index (κ1) is 16.3. The van der Waals surface area contributed by atoms with E-state index < -0.39 is 5.41 Å². The Kier molecular flexibility index (Phi) is 3.96. The van der Waals surface area contributed by atoms with Gasteiger partial charge in [0, 0.05) is 16.9 Å². The molecule has 1 aliphatic heterocycles. The molecule has 2 amide bonds. The van der Waals surface area contributed by atoms with E-state index in [0.29, 0.717) is 16.8 Å². The van der Waals surface area contributed by atoms with Crippen molar-refractivity contribution in [1.29, 1.82) is 5.26 Å². The number of nitriles is 1. The highest BCUT2D eigenvalue weighted by Crippen LogP contribution is 2.48. The van der Waals surface area contributed by atoms with Crippen LogP contribution < -0.4 is 10.6 Å². The molecule has 5 heteroatoms. The predicted molar refractivity (Wildman–Crippen MR) is 98.9 cm³/mol. The number of carbonyl (C=O) groups is 2. The van der Waals surface area contributed by atoms with Crippen LogP contribution in [0.2, 0.25) is 0 Å². The van der Waals surface area contributed by atoms with Gasteiger partial charge in [-0.2, -0.15) is 5.26 Å². The number of hydrogen-bond donors (Lipinski definition) is 2. The van der Waals surface area contributed by atoms with Crippen LogP contribution in [-0.2, 0) is 10.2 Å². The maximum atomic E-state index is 12.6. The molecule has 2 aromatic rings. The smallest absolute Gasteiger partial charge is 0.255 e. The third-order valence-electron chi connectivity index (χ3n) is 5.44. The summed E-state index contributed by atoms with van der Waals surface area (Å²) < 4.78 is 0. The van der Waals surface area contributed by atoms with Crippen molar-refractivity contribution in [3.8, 4) is 6.07 Å². The zero-order valence-corrected chi connectivity index (χ0v) is 14.3. The lowest BCUT2D eigenvalue weighted by Crippen LogP contribution is -2.36. The Hall–Kier alpha value is -3.13. The van der Waals surface area contributed by atoms with E-state index >= 15 is 0 Å². The molecule has 1 fully saturated rings. The molecular weight excluding hydrogens is 326 g/mol. The van der Waals surface area contributed by atoms with Crippen LogP contribution in [0.5, 0.6) is 0 Å². The van der Waals surface area contributed by atoms with Gasteiger partial charge in [0.25, 0.3) is 5.91 Å². The van der Waals surface area contributed by atoms with Crippen molar-refractivity contribution in [2.45, 2.75) is 37.5 Å². The number of rotatable bonds is 2. The molecule has 130 valence electrons. The molecule has 2 aliphatic rings. The summed E-state index contributed by atoms with van der Waals surface area (Å²) in [5.74, 6) is -0.186. The molecule has 0 unspecified atom stereocenters. The van der Waals surface area contributed by atoms with Gasteiger partial charge in [0.2, 0.25) is 5.91 Å². The van der Waals surface area contributed by atoms with Crippen molar-refractivity contribution in [2.24, 2.45) is 0 Å². The number of anilines is 2. The average Bonchev–Trinajstić information content (AvgIpc) is 2.94. The first-order valence-corrected chi connectivity index (χ1v) is 8.90. The summed E-state index contributed by atoms with van der Waals surface area (Å²) >= 11 is 0. The SMILES string of the molecule is N#Cc1cccc(C(=O)Nc2ccc3c(c2)C2(CCCCC2)C(=O)N3)c1. The van der Waals surface area contributed by atoms with Gasteiger partial charge in [-0.25, -0.2) is 0 Å². The summed E-state index contributed by atoms with van der Waals surface area (Å²) in [4.78, 5) is 25.1. The lowest BCUT2D eigenvalue weighted by Gasteiger charge is -2.31. The monoisotopic (exact) mass is 345 g/mol.